The number of rotatable bonds is 2. The van der Waals surface area contributed by atoms with Gasteiger partial charge in [-0.05, 0) is 44.4 Å². The third-order valence-electron chi connectivity index (χ3n) is 3.66. The van der Waals surface area contributed by atoms with Crippen molar-refractivity contribution in [3.8, 4) is 5.75 Å². The smallest absolute Gasteiger partial charge is 0.310 e. The quantitative estimate of drug-likeness (QED) is 0.770. The number of benzene rings is 1. The lowest BCUT2D eigenvalue weighted by atomic mass is 9.83. The second-order valence-electron chi connectivity index (χ2n) is 6.45. The highest BCUT2D eigenvalue weighted by atomic mass is 16.6. The first-order chi connectivity index (χ1) is 9.44. The molecular formula is C17H20O3. The number of carbonyl (C=O) groups is 1. The highest BCUT2D eigenvalue weighted by molar-refractivity contribution is 5.87. The molecule has 1 aromatic rings. The van der Waals surface area contributed by atoms with E-state index in [-0.39, 0.29) is 5.97 Å². The summed E-state index contributed by atoms with van der Waals surface area (Å²) in [5.74, 6) is 1.25. The molecule has 0 amide bonds. The van der Waals surface area contributed by atoms with Gasteiger partial charge in [-0.2, -0.15) is 0 Å². The van der Waals surface area contributed by atoms with Gasteiger partial charge in [-0.15, -0.1) is 0 Å². The Kier molecular flexibility index (Phi) is 3.08. The monoisotopic (exact) mass is 272 g/mol. The van der Waals surface area contributed by atoms with Gasteiger partial charge in [0.25, 0.3) is 0 Å². The van der Waals surface area contributed by atoms with Crippen molar-refractivity contribution in [3.05, 3.63) is 35.4 Å². The highest BCUT2D eigenvalue weighted by Crippen LogP contribution is 2.45. The molecule has 1 aliphatic carbocycles. The minimum absolute atomic E-state index is 0.168. The number of esters is 1. The third kappa shape index (κ3) is 2.45. The van der Waals surface area contributed by atoms with Gasteiger partial charge in [-0.1, -0.05) is 18.2 Å². The second kappa shape index (κ2) is 4.65. The van der Waals surface area contributed by atoms with Crippen LogP contribution < -0.4 is 4.74 Å². The number of hydrogen-bond donors (Lipinski definition) is 0. The SMILES string of the molecule is CC(C)(C)OC(=O)CC1=CCC2COc3cccc1c32. The van der Waals surface area contributed by atoms with Crippen molar-refractivity contribution >= 4 is 11.5 Å². The zero-order chi connectivity index (χ0) is 14.3. The molecule has 0 saturated carbocycles. The van der Waals surface area contributed by atoms with E-state index >= 15 is 0 Å². The van der Waals surface area contributed by atoms with Gasteiger partial charge in [-0.3, -0.25) is 4.79 Å². The van der Waals surface area contributed by atoms with E-state index in [1.165, 1.54) is 5.56 Å². The Labute approximate surface area is 119 Å². The van der Waals surface area contributed by atoms with Crippen molar-refractivity contribution in [1.29, 1.82) is 0 Å². The van der Waals surface area contributed by atoms with E-state index in [9.17, 15) is 4.79 Å². The first-order valence-electron chi connectivity index (χ1n) is 7.11. The van der Waals surface area contributed by atoms with Gasteiger partial charge in [-0.25, -0.2) is 0 Å². The van der Waals surface area contributed by atoms with Gasteiger partial charge >= 0.3 is 5.97 Å². The first-order valence-corrected chi connectivity index (χ1v) is 7.11. The maximum absolute atomic E-state index is 12.0. The molecule has 1 aliphatic heterocycles. The molecule has 0 saturated heterocycles. The standard InChI is InChI=1S/C17H20O3/c1-17(2,3)20-15(18)9-11-7-8-12-10-19-14-6-4-5-13(11)16(12)14/h4-7,12H,8-10H2,1-3H3. The summed E-state index contributed by atoms with van der Waals surface area (Å²) in [5.41, 5.74) is 3.06. The minimum Gasteiger partial charge on any atom is -0.493 e. The Morgan fingerprint density at radius 2 is 2.20 bits per heavy atom. The van der Waals surface area contributed by atoms with E-state index in [1.807, 2.05) is 32.9 Å². The Morgan fingerprint density at radius 1 is 1.40 bits per heavy atom. The molecule has 20 heavy (non-hydrogen) atoms. The number of ether oxygens (including phenoxy) is 2. The Balaban J connectivity index is 1.83. The Morgan fingerprint density at radius 3 is 2.95 bits per heavy atom. The number of carbonyl (C=O) groups excluding carboxylic acids is 1. The van der Waals surface area contributed by atoms with E-state index in [0.717, 1.165) is 29.9 Å². The van der Waals surface area contributed by atoms with Crippen LogP contribution in [0, 0.1) is 0 Å². The van der Waals surface area contributed by atoms with Gasteiger partial charge in [0, 0.05) is 11.5 Å². The maximum atomic E-state index is 12.0. The van der Waals surface area contributed by atoms with Crippen LogP contribution >= 0.6 is 0 Å². The molecule has 3 heteroatoms. The largest absolute Gasteiger partial charge is 0.493 e. The van der Waals surface area contributed by atoms with Crippen molar-refractivity contribution in [3.63, 3.8) is 0 Å². The summed E-state index contributed by atoms with van der Waals surface area (Å²) in [7, 11) is 0. The zero-order valence-corrected chi connectivity index (χ0v) is 12.2. The van der Waals surface area contributed by atoms with Crippen LogP contribution in [0.4, 0.5) is 0 Å². The van der Waals surface area contributed by atoms with Gasteiger partial charge in [0.05, 0.1) is 13.0 Å². The molecule has 106 valence electrons. The predicted molar refractivity (Wildman–Crippen MR) is 77.7 cm³/mol. The Bertz CT molecular complexity index is 578. The first kappa shape index (κ1) is 13.2. The van der Waals surface area contributed by atoms with Crippen LogP contribution in [-0.4, -0.2) is 18.2 Å². The number of hydrogen-bond acceptors (Lipinski definition) is 3. The molecule has 1 aromatic carbocycles. The van der Waals surface area contributed by atoms with Crippen molar-refractivity contribution in [2.45, 2.75) is 45.1 Å². The van der Waals surface area contributed by atoms with Crippen LogP contribution in [0.2, 0.25) is 0 Å². The highest BCUT2D eigenvalue weighted by Gasteiger charge is 2.31. The van der Waals surface area contributed by atoms with Crippen molar-refractivity contribution < 1.29 is 14.3 Å². The molecule has 2 aliphatic rings. The van der Waals surface area contributed by atoms with E-state index < -0.39 is 5.60 Å². The van der Waals surface area contributed by atoms with Crippen molar-refractivity contribution in [1.82, 2.24) is 0 Å². The zero-order valence-electron chi connectivity index (χ0n) is 12.2. The summed E-state index contributed by atoms with van der Waals surface area (Å²) in [4.78, 5) is 12.0. The lowest BCUT2D eigenvalue weighted by Gasteiger charge is -2.23. The van der Waals surface area contributed by atoms with Crippen LogP contribution in [0.25, 0.3) is 5.57 Å². The molecule has 1 heterocycles. The lowest BCUT2D eigenvalue weighted by Crippen LogP contribution is -2.24. The van der Waals surface area contributed by atoms with E-state index in [2.05, 4.69) is 12.1 Å². The molecule has 0 aromatic heterocycles. The van der Waals surface area contributed by atoms with Crippen molar-refractivity contribution in [2.75, 3.05) is 6.61 Å². The topological polar surface area (TPSA) is 35.5 Å². The third-order valence-corrected chi connectivity index (χ3v) is 3.66. The van der Waals surface area contributed by atoms with Crippen LogP contribution in [0.5, 0.6) is 5.75 Å². The fraction of sp³-hybridized carbons (Fsp3) is 0.471. The average molecular weight is 272 g/mol. The molecule has 1 unspecified atom stereocenters. The van der Waals surface area contributed by atoms with E-state index in [4.69, 9.17) is 9.47 Å². The lowest BCUT2D eigenvalue weighted by molar-refractivity contribution is -0.153. The Hall–Kier alpha value is -1.77. The van der Waals surface area contributed by atoms with E-state index in [0.29, 0.717) is 12.3 Å². The average Bonchev–Trinajstić information content (AvgIpc) is 2.75. The summed E-state index contributed by atoms with van der Waals surface area (Å²) in [5, 5.41) is 0. The summed E-state index contributed by atoms with van der Waals surface area (Å²) in [6.45, 7) is 6.43. The van der Waals surface area contributed by atoms with Crippen molar-refractivity contribution in [2.24, 2.45) is 0 Å². The predicted octanol–water partition coefficient (Wildman–Crippen LogP) is 3.68. The van der Waals surface area contributed by atoms with Crippen LogP contribution in [-0.2, 0) is 9.53 Å². The molecule has 0 radical (unpaired) electrons. The fourth-order valence-electron chi connectivity index (χ4n) is 2.93. The van der Waals surface area contributed by atoms with Crippen LogP contribution in [0.3, 0.4) is 0 Å². The minimum atomic E-state index is -0.434. The van der Waals surface area contributed by atoms with Gasteiger partial charge in [0.1, 0.15) is 11.4 Å². The summed E-state index contributed by atoms with van der Waals surface area (Å²) >= 11 is 0. The molecule has 3 rings (SSSR count). The van der Waals surface area contributed by atoms with Crippen LogP contribution in [0.1, 0.15) is 50.7 Å². The molecule has 1 atom stereocenters. The molecule has 0 bridgehead atoms. The van der Waals surface area contributed by atoms with Gasteiger partial charge in [0.2, 0.25) is 0 Å². The van der Waals surface area contributed by atoms with Gasteiger partial charge in [0.15, 0.2) is 0 Å². The summed E-state index contributed by atoms with van der Waals surface area (Å²) < 4.78 is 11.1. The second-order valence-corrected chi connectivity index (χ2v) is 6.45. The molecule has 0 N–H and O–H groups in total. The number of allylic oxidation sites excluding steroid dienone is 1. The molecule has 3 nitrogen and oxygen atoms in total. The summed E-state index contributed by atoms with van der Waals surface area (Å²) in [6, 6.07) is 6.08. The van der Waals surface area contributed by atoms with Gasteiger partial charge < -0.3 is 9.47 Å². The van der Waals surface area contributed by atoms with E-state index in [1.54, 1.807) is 0 Å². The normalized spacial score (nSPS) is 19.9. The molecule has 0 spiro atoms. The molecule has 0 fully saturated rings. The molecular weight excluding hydrogens is 252 g/mol. The maximum Gasteiger partial charge on any atom is 0.310 e. The summed E-state index contributed by atoms with van der Waals surface area (Å²) in [6.07, 6.45) is 3.44. The van der Waals surface area contributed by atoms with Crippen LogP contribution in [0.15, 0.2) is 24.3 Å². The fourth-order valence-corrected chi connectivity index (χ4v) is 2.93.